The zero-order valence-corrected chi connectivity index (χ0v) is 13.7. The maximum Gasteiger partial charge on any atom is 0.325 e. The molecule has 6 nitrogen and oxygen atoms in total. The number of nitrogens with one attached hydrogen (secondary N) is 1. The summed E-state index contributed by atoms with van der Waals surface area (Å²) in [6, 6.07) is 5.59. The molecule has 0 saturated carbocycles. The van der Waals surface area contributed by atoms with Crippen LogP contribution in [0, 0.1) is 5.82 Å². The molecule has 24 heavy (non-hydrogen) atoms. The number of rotatable bonds is 5. The standard InChI is InChI=1S/C17H22FN3O3/c1-24-10-7-15-16(22)21(17(23)19-15)13-5-8-20(9-6-13)14-4-2-3-12(18)11-14/h2-4,11,13,15H,5-10H2,1H3,(H,19,23). The zero-order chi connectivity index (χ0) is 17.1. The Hall–Kier alpha value is -2.15. The molecule has 0 radical (unpaired) electrons. The number of halogens is 1. The summed E-state index contributed by atoms with van der Waals surface area (Å²) in [5.41, 5.74) is 0.837. The van der Waals surface area contributed by atoms with Crippen molar-refractivity contribution < 1.29 is 18.7 Å². The Bertz CT molecular complexity index is 617. The average Bonchev–Trinajstić information content (AvgIpc) is 2.87. The van der Waals surface area contributed by atoms with Crippen LogP contribution in [0.4, 0.5) is 14.9 Å². The third-order valence-electron chi connectivity index (χ3n) is 4.67. The smallest absolute Gasteiger partial charge is 0.325 e. The number of piperidine rings is 1. The molecule has 1 aromatic carbocycles. The van der Waals surface area contributed by atoms with E-state index in [2.05, 4.69) is 10.2 Å². The molecule has 1 aromatic rings. The number of carbonyl (C=O) groups is 2. The van der Waals surface area contributed by atoms with Crippen LogP contribution in [-0.2, 0) is 9.53 Å². The van der Waals surface area contributed by atoms with Crippen LogP contribution >= 0.6 is 0 Å². The van der Waals surface area contributed by atoms with E-state index in [1.54, 1.807) is 13.2 Å². The van der Waals surface area contributed by atoms with Crippen molar-refractivity contribution in [3.63, 3.8) is 0 Å². The molecule has 1 N–H and O–H groups in total. The van der Waals surface area contributed by atoms with Gasteiger partial charge in [-0.15, -0.1) is 0 Å². The minimum atomic E-state index is -0.487. The number of imide groups is 1. The maximum absolute atomic E-state index is 13.3. The summed E-state index contributed by atoms with van der Waals surface area (Å²) in [5.74, 6) is -0.425. The van der Waals surface area contributed by atoms with Gasteiger partial charge < -0.3 is 15.0 Å². The van der Waals surface area contributed by atoms with Gasteiger partial charge in [-0.2, -0.15) is 0 Å². The van der Waals surface area contributed by atoms with E-state index < -0.39 is 6.04 Å². The van der Waals surface area contributed by atoms with Crippen molar-refractivity contribution in [1.29, 1.82) is 0 Å². The fraction of sp³-hybridized carbons (Fsp3) is 0.529. The van der Waals surface area contributed by atoms with Crippen LogP contribution in [0.2, 0.25) is 0 Å². The van der Waals surface area contributed by atoms with Crippen molar-refractivity contribution in [2.75, 3.05) is 31.7 Å². The lowest BCUT2D eigenvalue weighted by Gasteiger charge is -2.36. The summed E-state index contributed by atoms with van der Waals surface area (Å²) in [5, 5.41) is 2.73. The molecule has 2 fully saturated rings. The van der Waals surface area contributed by atoms with E-state index in [1.807, 2.05) is 6.07 Å². The molecule has 3 amide bonds. The molecular formula is C17H22FN3O3. The Labute approximate surface area is 140 Å². The molecule has 2 aliphatic rings. The van der Waals surface area contributed by atoms with Gasteiger partial charge in [0.25, 0.3) is 5.91 Å². The second-order valence-corrected chi connectivity index (χ2v) is 6.19. The summed E-state index contributed by atoms with van der Waals surface area (Å²) in [4.78, 5) is 28.0. The van der Waals surface area contributed by atoms with Gasteiger partial charge in [-0.3, -0.25) is 9.69 Å². The molecule has 2 heterocycles. The summed E-state index contributed by atoms with van der Waals surface area (Å²) >= 11 is 0. The van der Waals surface area contributed by atoms with Crippen molar-refractivity contribution in [2.45, 2.75) is 31.3 Å². The van der Waals surface area contributed by atoms with Gasteiger partial charge in [-0.05, 0) is 31.0 Å². The predicted octanol–water partition coefficient (Wildman–Crippen LogP) is 1.75. The minimum absolute atomic E-state index is 0.102. The SMILES string of the molecule is COCCC1NC(=O)N(C2CCN(c3cccc(F)c3)CC2)C1=O. The highest BCUT2D eigenvalue weighted by atomic mass is 19.1. The first-order chi connectivity index (χ1) is 11.6. The fourth-order valence-corrected chi connectivity index (χ4v) is 3.38. The van der Waals surface area contributed by atoms with Gasteiger partial charge in [0.1, 0.15) is 11.9 Å². The van der Waals surface area contributed by atoms with Crippen molar-refractivity contribution in [1.82, 2.24) is 10.2 Å². The Balaban J connectivity index is 1.60. The van der Waals surface area contributed by atoms with E-state index in [-0.39, 0.29) is 23.8 Å². The van der Waals surface area contributed by atoms with Gasteiger partial charge in [-0.25, -0.2) is 9.18 Å². The predicted molar refractivity (Wildman–Crippen MR) is 87.3 cm³/mol. The van der Waals surface area contributed by atoms with Crippen LogP contribution in [0.15, 0.2) is 24.3 Å². The quantitative estimate of drug-likeness (QED) is 0.833. The topological polar surface area (TPSA) is 61.9 Å². The first-order valence-electron chi connectivity index (χ1n) is 8.23. The second kappa shape index (κ2) is 7.17. The van der Waals surface area contributed by atoms with E-state index in [4.69, 9.17) is 4.74 Å². The molecule has 7 heteroatoms. The monoisotopic (exact) mass is 335 g/mol. The summed E-state index contributed by atoms with van der Waals surface area (Å²) in [6.07, 6.45) is 1.86. The number of amides is 3. The highest BCUT2D eigenvalue weighted by Gasteiger charge is 2.42. The van der Waals surface area contributed by atoms with Crippen LogP contribution in [0.1, 0.15) is 19.3 Å². The van der Waals surface area contributed by atoms with Crippen LogP contribution < -0.4 is 10.2 Å². The zero-order valence-electron chi connectivity index (χ0n) is 13.7. The van der Waals surface area contributed by atoms with Gasteiger partial charge in [0, 0.05) is 45.0 Å². The number of nitrogens with zero attached hydrogens (tertiary/aromatic N) is 2. The van der Waals surface area contributed by atoms with Crippen molar-refractivity contribution in [2.24, 2.45) is 0 Å². The Kier molecular flexibility index (Phi) is 4.99. The fourth-order valence-electron chi connectivity index (χ4n) is 3.38. The number of anilines is 1. The van der Waals surface area contributed by atoms with E-state index in [0.29, 0.717) is 39.0 Å². The molecule has 0 aromatic heterocycles. The first kappa shape index (κ1) is 16.7. The molecular weight excluding hydrogens is 313 g/mol. The van der Waals surface area contributed by atoms with Crippen molar-refractivity contribution in [3.05, 3.63) is 30.1 Å². The lowest BCUT2D eigenvalue weighted by atomic mass is 10.0. The number of benzene rings is 1. The van der Waals surface area contributed by atoms with Crippen LogP contribution in [0.25, 0.3) is 0 Å². The van der Waals surface area contributed by atoms with Gasteiger partial charge in [0.05, 0.1) is 0 Å². The molecule has 3 rings (SSSR count). The number of ether oxygens (including phenoxy) is 1. The van der Waals surface area contributed by atoms with Gasteiger partial charge in [-0.1, -0.05) is 6.07 Å². The highest BCUT2D eigenvalue weighted by molar-refractivity contribution is 6.04. The molecule has 0 aliphatic carbocycles. The van der Waals surface area contributed by atoms with Crippen LogP contribution in [0.5, 0.6) is 0 Å². The Morgan fingerprint density at radius 3 is 2.71 bits per heavy atom. The van der Waals surface area contributed by atoms with Crippen molar-refractivity contribution in [3.8, 4) is 0 Å². The number of methoxy groups -OCH3 is 1. The molecule has 0 spiro atoms. The van der Waals surface area contributed by atoms with Gasteiger partial charge in [0.15, 0.2) is 0 Å². The lowest BCUT2D eigenvalue weighted by Crippen LogP contribution is -2.48. The average molecular weight is 335 g/mol. The number of urea groups is 1. The van der Waals surface area contributed by atoms with E-state index in [9.17, 15) is 14.0 Å². The first-order valence-corrected chi connectivity index (χ1v) is 8.23. The molecule has 2 saturated heterocycles. The normalized spacial score (nSPS) is 22.2. The third kappa shape index (κ3) is 3.36. The molecule has 1 unspecified atom stereocenters. The van der Waals surface area contributed by atoms with E-state index in [0.717, 1.165) is 5.69 Å². The lowest BCUT2D eigenvalue weighted by molar-refractivity contribution is -0.129. The number of carbonyl (C=O) groups excluding carboxylic acids is 2. The summed E-state index contributed by atoms with van der Waals surface area (Å²) in [6.45, 7) is 1.81. The second-order valence-electron chi connectivity index (χ2n) is 6.19. The maximum atomic E-state index is 13.3. The number of hydrogen-bond donors (Lipinski definition) is 1. The molecule has 1 atom stereocenters. The van der Waals surface area contributed by atoms with Crippen LogP contribution in [0.3, 0.4) is 0 Å². The minimum Gasteiger partial charge on any atom is -0.385 e. The van der Waals surface area contributed by atoms with Crippen molar-refractivity contribution >= 4 is 17.6 Å². The van der Waals surface area contributed by atoms with Gasteiger partial charge >= 0.3 is 6.03 Å². The van der Waals surface area contributed by atoms with E-state index >= 15 is 0 Å². The Morgan fingerprint density at radius 2 is 2.04 bits per heavy atom. The third-order valence-corrected chi connectivity index (χ3v) is 4.67. The van der Waals surface area contributed by atoms with E-state index in [1.165, 1.54) is 17.0 Å². The largest absolute Gasteiger partial charge is 0.385 e. The number of hydrogen-bond acceptors (Lipinski definition) is 4. The Morgan fingerprint density at radius 1 is 1.29 bits per heavy atom. The molecule has 0 bridgehead atoms. The van der Waals surface area contributed by atoms with Crippen LogP contribution in [-0.4, -0.2) is 55.7 Å². The summed E-state index contributed by atoms with van der Waals surface area (Å²) in [7, 11) is 1.57. The molecule has 130 valence electrons. The van der Waals surface area contributed by atoms with Gasteiger partial charge in [0.2, 0.25) is 0 Å². The summed E-state index contributed by atoms with van der Waals surface area (Å²) < 4.78 is 18.3. The highest BCUT2D eigenvalue weighted by Crippen LogP contribution is 2.25. The molecule has 2 aliphatic heterocycles.